The lowest BCUT2D eigenvalue weighted by Gasteiger charge is -2.08. The van der Waals surface area contributed by atoms with Crippen LogP contribution in [0.3, 0.4) is 0 Å². The Balaban J connectivity index is 0.00000161. The largest absolute Gasteiger partial charge is 1.00 e. The van der Waals surface area contributed by atoms with E-state index < -0.39 is 0 Å². The summed E-state index contributed by atoms with van der Waals surface area (Å²) in [6.07, 6.45) is 1.89. The molecule has 0 saturated carbocycles. The second-order valence-corrected chi connectivity index (χ2v) is 4.87. The number of fused-ring (bicyclic) bond motifs is 1. The summed E-state index contributed by atoms with van der Waals surface area (Å²) >= 11 is 6.01. The quantitative estimate of drug-likeness (QED) is 0.783. The van der Waals surface area contributed by atoms with Crippen LogP contribution in [0.4, 0.5) is 11.4 Å². The highest BCUT2D eigenvalue weighted by Gasteiger charge is 2.07. The zero-order valence-corrected chi connectivity index (χ0v) is 12.9. The average Bonchev–Trinajstić information content (AvgIpc) is 2.48. The van der Waals surface area contributed by atoms with Crippen molar-refractivity contribution in [1.82, 2.24) is 0 Å². The number of ether oxygens (including phenoxy) is 1. The minimum atomic E-state index is 0. The molecular formula is C16H14Cl2N2O. The Labute approximate surface area is 134 Å². The van der Waals surface area contributed by atoms with Gasteiger partial charge in [-0.2, -0.15) is 0 Å². The van der Waals surface area contributed by atoms with Crippen LogP contribution in [0.25, 0.3) is 10.9 Å². The highest BCUT2D eigenvalue weighted by molar-refractivity contribution is 6.31. The van der Waals surface area contributed by atoms with Gasteiger partial charge in [0.15, 0.2) is 6.20 Å². The summed E-state index contributed by atoms with van der Waals surface area (Å²) in [4.78, 5) is 3.19. The van der Waals surface area contributed by atoms with Crippen molar-refractivity contribution < 1.29 is 22.1 Å². The van der Waals surface area contributed by atoms with E-state index in [1.54, 1.807) is 7.11 Å². The number of pyridine rings is 1. The Kier molecular flexibility index (Phi) is 4.89. The van der Waals surface area contributed by atoms with Crippen LogP contribution in [0.5, 0.6) is 5.75 Å². The number of hydrogen-bond donors (Lipinski definition) is 1. The molecule has 108 valence electrons. The summed E-state index contributed by atoms with van der Waals surface area (Å²) in [6.45, 7) is 0. The fourth-order valence-corrected chi connectivity index (χ4v) is 2.29. The highest BCUT2D eigenvalue weighted by atomic mass is 35.5. The number of methoxy groups -OCH3 is 1. The number of H-pyrrole nitrogens is 1. The van der Waals surface area contributed by atoms with Gasteiger partial charge in [-0.05, 0) is 36.4 Å². The molecule has 21 heavy (non-hydrogen) atoms. The highest BCUT2D eigenvalue weighted by Crippen LogP contribution is 2.26. The number of hydrogen-bond acceptors (Lipinski definition) is 2. The van der Waals surface area contributed by atoms with E-state index in [4.69, 9.17) is 16.3 Å². The third-order valence-electron chi connectivity index (χ3n) is 3.13. The van der Waals surface area contributed by atoms with E-state index in [1.807, 2.05) is 54.7 Å². The number of aromatic nitrogens is 1. The summed E-state index contributed by atoms with van der Waals surface area (Å²) in [7, 11) is 1.66. The molecule has 0 atom stereocenters. The molecule has 3 aromatic rings. The van der Waals surface area contributed by atoms with Crippen LogP contribution >= 0.6 is 11.6 Å². The van der Waals surface area contributed by atoms with Crippen molar-refractivity contribution >= 4 is 33.9 Å². The molecular weight excluding hydrogens is 307 g/mol. The van der Waals surface area contributed by atoms with Gasteiger partial charge in [0.2, 0.25) is 5.52 Å². The van der Waals surface area contributed by atoms with E-state index in [-0.39, 0.29) is 12.4 Å². The maximum absolute atomic E-state index is 6.01. The maximum atomic E-state index is 6.01. The van der Waals surface area contributed by atoms with Gasteiger partial charge in [0, 0.05) is 22.8 Å². The minimum Gasteiger partial charge on any atom is -1.00 e. The number of rotatable bonds is 3. The first-order chi connectivity index (χ1) is 9.76. The smallest absolute Gasteiger partial charge is 0.214 e. The Bertz CT molecular complexity index is 745. The van der Waals surface area contributed by atoms with Gasteiger partial charge in [-0.15, -0.1) is 0 Å². The second-order valence-electron chi connectivity index (χ2n) is 4.43. The van der Waals surface area contributed by atoms with Crippen LogP contribution < -0.4 is 27.4 Å². The minimum absolute atomic E-state index is 0. The maximum Gasteiger partial charge on any atom is 0.214 e. The molecule has 0 amide bonds. The molecule has 0 aliphatic rings. The fraction of sp³-hybridized carbons (Fsp3) is 0.0625. The Morgan fingerprint density at radius 3 is 2.52 bits per heavy atom. The first-order valence-corrected chi connectivity index (χ1v) is 6.65. The van der Waals surface area contributed by atoms with Crippen LogP contribution in [0.1, 0.15) is 0 Å². The lowest BCUT2D eigenvalue weighted by Crippen LogP contribution is -3.00. The van der Waals surface area contributed by atoms with Gasteiger partial charge in [0.05, 0.1) is 18.2 Å². The molecule has 0 aliphatic carbocycles. The molecule has 1 aromatic heterocycles. The van der Waals surface area contributed by atoms with Gasteiger partial charge in [0.25, 0.3) is 0 Å². The lowest BCUT2D eigenvalue weighted by atomic mass is 10.2. The predicted molar refractivity (Wildman–Crippen MR) is 81.8 cm³/mol. The van der Waals surface area contributed by atoms with Crippen molar-refractivity contribution in [1.29, 1.82) is 0 Å². The molecule has 0 aliphatic heterocycles. The third kappa shape index (κ3) is 3.38. The number of nitrogens with one attached hydrogen (secondary N) is 2. The van der Waals surface area contributed by atoms with Gasteiger partial charge in [-0.25, -0.2) is 4.98 Å². The zero-order chi connectivity index (χ0) is 13.9. The Morgan fingerprint density at radius 1 is 1.05 bits per heavy atom. The average molecular weight is 321 g/mol. The van der Waals surface area contributed by atoms with Crippen LogP contribution in [-0.4, -0.2) is 7.11 Å². The van der Waals surface area contributed by atoms with E-state index >= 15 is 0 Å². The van der Waals surface area contributed by atoms with Gasteiger partial charge in [0.1, 0.15) is 5.75 Å². The molecule has 0 spiro atoms. The second kappa shape index (κ2) is 6.66. The molecule has 0 saturated heterocycles. The van der Waals surface area contributed by atoms with Crippen molar-refractivity contribution in [3.63, 3.8) is 0 Å². The number of aromatic amines is 1. The summed E-state index contributed by atoms with van der Waals surface area (Å²) in [6, 6.07) is 15.6. The molecule has 3 nitrogen and oxygen atoms in total. The topological polar surface area (TPSA) is 35.4 Å². The van der Waals surface area contributed by atoms with Crippen molar-refractivity contribution in [2.45, 2.75) is 0 Å². The molecule has 0 fully saturated rings. The molecule has 0 unspecified atom stereocenters. The van der Waals surface area contributed by atoms with Crippen molar-refractivity contribution in [3.05, 3.63) is 59.8 Å². The van der Waals surface area contributed by atoms with Gasteiger partial charge >= 0.3 is 0 Å². The summed E-state index contributed by atoms with van der Waals surface area (Å²) in [5.74, 6) is 0.841. The van der Waals surface area contributed by atoms with Gasteiger partial charge < -0.3 is 22.5 Å². The van der Waals surface area contributed by atoms with Crippen LogP contribution in [0.15, 0.2) is 54.7 Å². The fourth-order valence-electron chi connectivity index (χ4n) is 2.11. The first kappa shape index (κ1) is 15.4. The van der Waals surface area contributed by atoms with Crippen molar-refractivity contribution in [2.24, 2.45) is 0 Å². The normalized spacial score (nSPS) is 10.0. The summed E-state index contributed by atoms with van der Waals surface area (Å²) in [5, 5.41) is 5.21. The zero-order valence-electron chi connectivity index (χ0n) is 11.4. The van der Waals surface area contributed by atoms with Crippen molar-refractivity contribution in [2.75, 3.05) is 12.4 Å². The SMILES string of the molecule is COc1ccc(Nc2cc[nH+]c3cc(Cl)ccc23)cc1.[Cl-]. The number of halogens is 2. The Morgan fingerprint density at radius 2 is 1.81 bits per heavy atom. The van der Waals surface area contributed by atoms with E-state index in [1.165, 1.54) is 0 Å². The lowest BCUT2D eigenvalue weighted by molar-refractivity contribution is -0.344. The van der Waals surface area contributed by atoms with E-state index in [0.717, 1.165) is 33.0 Å². The molecule has 2 aromatic carbocycles. The molecule has 1 heterocycles. The van der Waals surface area contributed by atoms with Gasteiger partial charge in [-0.3, -0.25) is 0 Å². The van der Waals surface area contributed by atoms with E-state index in [0.29, 0.717) is 0 Å². The standard InChI is InChI=1S/C16H13ClN2O.ClH/c1-20-13-5-3-12(4-6-13)19-15-8-9-18-16-10-11(17)2-7-14(15)16;/h2-10H,1H3,(H,18,19);1H. The molecule has 5 heteroatoms. The molecule has 3 rings (SSSR count). The summed E-state index contributed by atoms with van der Waals surface area (Å²) in [5.41, 5.74) is 3.03. The number of anilines is 2. The third-order valence-corrected chi connectivity index (χ3v) is 3.36. The Hall–Kier alpha value is -1.97. The predicted octanol–water partition coefficient (Wildman–Crippen LogP) is 1.06. The molecule has 0 bridgehead atoms. The van der Waals surface area contributed by atoms with Crippen LogP contribution in [0.2, 0.25) is 5.02 Å². The van der Waals surface area contributed by atoms with Gasteiger partial charge in [-0.1, -0.05) is 11.6 Å². The van der Waals surface area contributed by atoms with Crippen molar-refractivity contribution in [3.8, 4) is 5.75 Å². The van der Waals surface area contributed by atoms with Crippen LogP contribution in [0, 0.1) is 0 Å². The van der Waals surface area contributed by atoms with E-state index in [2.05, 4.69) is 10.3 Å². The van der Waals surface area contributed by atoms with Crippen LogP contribution in [-0.2, 0) is 0 Å². The van der Waals surface area contributed by atoms with E-state index in [9.17, 15) is 0 Å². The first-order valence-electron chi connectivity index (χ1n) is 6.27. The molecule has 0 radical (unpaired) electrons. The molecule has 2 N–H and O–H groups in total. The summed E-state index contributed by atoms with van der Waals surface area (Å²) < 4.78 is 5.16. The number of benzene rings is 2. The monoisotopic (exact) mass is 320 g/mol.